The molecule has 2 aromatic carbocycles. The Labute approximate surface area is 225 Å². The van der Waals surface area contributed by atoms with Crippen LogP contribution in [0.5, 0.6) is 23.0 Å². The molecular weight excluding hydrogens is 545 g/mol. The van der Waals surface area contributed by atoms with Crippen molar-refractivity contribution in [3.63, 3.8) is 0 Å². The monoisotopic (exact) mass is 575 g/mol. The van der Waals surface area contributed by atoms with Crippen LogP contribution in [0.2, 0.25) is 0 Å². The molecule has 2 aromatic rings. The number of carbonyl (C=O) groups is 1. The Balaban J connectivity index is 1.96. The summed E-state index contributed by atoms with van der Waals surface area (Å²) >= 11 is 3.10. The van der Waals surface area contributed by atoms with Crippen LogP contribution >= 0.6 is 16.1 Å². The van der Waals surface area contributed by atoms with Crippen LogP contribution in [-0.2, 0) is 12.0 Å². The second kappa shape index (κ2) is 11.8. The first-order chi connectivity index (χ1) is 17.6. The lowest BCUT2D eigenvalue weighted by atomic mass is 9.84. The summed E-state index contributed by atoms with van der Waals surface area (Å²) in [7, 11) is 4.37. The Morgan fingerprint density at radius 1 is 1.14 bits per heavy atom. The van der Waals surface area contributed by atoms with E-state index in [0.717, 1.165) is 5.56 Å². The second-order valence-corrected chi connectivity index (χ2v) is 9.92. The van der Waals surface area contributed by atoms with Gasteiger partial charge in [0.25, 0.3) is 0 Å². The van der Waals surface area contributed by atoms with E-state index in [2.05, 4.69) is 26.2 Å². The number of rotatable bonds is 10. The summed E-state index contributed by atoms with van der Waals surface area (Å²) in [5.74, 6) is 0.734. The SMILES string of the molecule is COc1cc2c(c(F)c1OC)/C(=N/Br)N(CC(=O)c1cc(OCCCC#N)c(OC)c(C(C)(C)C)c1)C2. The third kappa shape index (κ3) is 5.82. The van der Waals surface area contributed by atoms with Gasteiger partial charge in [0.05, 0.1) is 62.3 Å². The van der Waals surface area contributed by atoms with Crippen molar-refractivity contribution in [2.24, 2.45) is 4.02 Å². The molecule has 0 saturated carbocycles. The largest absolute Gasteiger partial charge is 0.493 e. The highest BCUT2D eigenvalue weighted by Crippen LogP contribution is 2.41. The summed E-state index contributed by atoms with van der Waals surface area (Å²) in [6.45, 7) is 6.60. The molecule has 0 aliphatic carbocycles. The molecule has 0 spiro atoms. The van der Waals surface area contributed by atoms with E-state index in [1.165, 1.54) is 14.2 Å². The van der Waals surface area contributed by atoms with Crippen molar-refractivity contribution in [3.05, 3.63) is 46.3 Å². The number of methoxy groups -OCH3 is 3. The van der Waals surface area contributed by atoms with Crippen molar-refractivity contribution in [1.82, 2.24) is 4.90 Å². The number of benzene rings is 2. The highest BCUT2D eigenvalue weighted by atomic mass is 79.9. The van der Waals surface area contributed by atoms with E-state index in [4.69, 9.17) is 24.2 Å². The van der Waals surface area contributed by atoms with Crippen LogP contribution in [-0.4, -0.2) is 51.0 Å². The number of unbranched alkanes of at least 4 members (excludes halogenated alkanes) is 1. The van der Waals surface area contributed by atoms with Crippen molar-refractivity contribution < 1.29 is 28.1 Å². The highest BCUT2D eigenvalue weighted by molar-refractivity contribution is 9.08. The molecule has 1 aliphatic heterocycles. The van der Waals surface area contributed by atoms with Crippen LogP contribution in [0.4, 0.5) is 4.39 Å². The van der Waals surface area contributed by atoms with Gasteiger partial charge in [-0.15, -0.1) is 0 Å². The van der Waals surface area contributed by atoms with Gasteiger partial charge in [0, 0.05) is 24.1 Å². The fraction of sp³-hybridized carbons (Fsp3) is 0.444. The maximum absolute atomic E-state index is 15.3. The van der Waals surface area contributed by atoms with Gasteiger partial charge in [0.2, 0.25) is 0 Å². The number of Topliss-reactive ketones (excluding diaryl/α,β-unsaturated/α-hetero) is 1. The molecule has 3 rings (SSSR count). The molecule has 198 valence electrons. The van der Waals surface area contributed by atoms with E-state index < -0.39 is 5.82 Å². The van der Waals surface area contributed by atoms with Crippen LogP contribution in [0.3, 0.4) is 0 Å². The van der Waals surface area contributed by atoms with Gasteiger partial charge >= 0.3 is 0 Å². The maximum atomic E-state index is 15.3. The Kier molecular flexibility index (Phi) is 9.02. The van der Waals surface area contributed by atoms with E-state index in [-0.39, 0.29) is 41.4 Å². The van der Waals surface area contributed by atoms with Gasteiger partial charge in [-0.25, -0.2) is 4.39 Å². The first-order valence-electron chi connectivity index (χ1n) is 11.7. The molecule has 0 fully saturated rings. The Bertz CT molecular complexity index is 1250. The molecule has 8 nitrogen and oxygen atoms in total. The zero-order valence-corrected chi connectivity index (χ0v) is 23.5. The van der Waals surface area contributed by atoms with Crippen LogP contribution in [0.25, 0.3) is 0 Å². The standard InChI is InChI=1S/C27H31BrFN3O5/c1-27(2,3)18-11-16(12-21(24(18)35-5)37-10-8-7-9-30)19(33)15-32-14-17-13-20(34-4)25(36-6)23(29)22(17)26(32)31-28/h11-13H,7-8,10,14-15H2,1-6H3/b31-26-. The predicted octanol–water partition coefficient (Wildman–Crippen LogP) is 5.59. The number of nitrogens with zero attached hydrogens (tertiary/aromatic N) is 3. The van der Waals surface area contributed by atoms with Gasteiger partial charge in [-0.3, -0.25) is 4.79 Å². The van der Waals surface area contributed by atoms with Crippen LogP contribution in [0, 0.1) is 17.1 Å². The summed E-state index contributed by atoms with van der Waals surface area (Å²) in [6.07, 6.45) is 0.918. The molecule has 37 heavy (non-hydrogen) atoms. The lowest BCUT2D eigenvalue weighted by Gasteiger charge is -2.25. The normalized spacial score (nSPS) is 13.8. The summed E-state index contributed by atoms with van der Waals surface area (Å²) < 4.78 is 41.5. The molecule has 0 bridgehead atoms. The summed E-state index contributed by atoms with van der Waals surface area (Å²) in [5, 5.41) is 8.82. The lowest BCUT2D eigenvalue weighted by Crippen LogP contribution is -2.31. The van der Waals surface area contributed by atoms with E-state index in [0.29, 0.717) is 47.9 Å². The minimum Gasteiger partial charge on any atom is -0.493 e. The highest BCUT2D eigenvalue weighted by Gasteiger charge is 2.34. The third-order valence-electron chi connectivity index (χ3n) is 6.07. The minimum atomic E-state index is -0.600. The molecule has 0 unspecified atom stereocenters. The molecule has 0 N–H and O–H groups in total. The quantitative estimate of drug-likeness (QED) is 0.269. The van der Waals surface area contributed by atoms with E-state index >= 15 is 4.39 Å². The molecule has 0 saturated heterocycles. The first-order valence-corrected chi connectivity index (χ1v) is 12.4. The zero-order valence-electron chi connectivity index (χ0n) is 21.9. The number of amidine groups is 1. The molecule has 0 amide bonds. The molecule has 10 heteroatoms. The van der Waals surface area contributed by atoms with Crippen molar-refractivity contribution in [1.29, 1.82) is 5.26 Å². The van der Waals surface area contributed by atoms with Crippen molar-refractivity contribution >= 4 is 27.8 Å². The average molecular weight is 576 g/mol. The number of ketones is 1. The van der Waals surface area contributed by atoms with E-state index in [9.17, 15) is 4.79 Å². The summed E-state index contributed by atoms with van der Waals surface area (Å²) in [4.78, 5) is 15.2. The number of nitriles is 1. The smallest absolute Gasteiger partial charge is 0.197 e. The first kappa shape index (κ1) is 28.3. The lowest BCUT2D eigenvalue weighted by molar-refractivity contribution is 0.0962. The molecule has 1 aliphatic rings. The summed E-state index contributed by atoms with van der Waals surface area (Å²) in [6, 6.07) is 7.25. The number of ether oxygens (including phenoxy) is 4. The van der Waals surface area contributed by atoms with Crippen molar-refractivity contribution in [2.75, 3.05) is 34.5 Å². The van der Waals surface area contributed by atoms with Crippen LogP contribution in [0.1, 0.15) is 60.7 Å². The van der Waals surface area contributed by atoms with E-state index in [1.807, 2.05) is 26.8 Å². The zero-order chi connectivity index (χ0) is 27.3. The second-order valence-electron chi connectivity index (χ2n) is 9.56. The number of halogens is 2. The van der Waals surface area contributed by atoms with Gasteiger partial charge in [-0.2, -0.15) is 9.28 Å². The molecular formula is C27H31BrFN3O5. The number of fused-ring (bicyclic) bond motifs is 1. The minimum absolute atomic E-state index is 0.0220. The Morgan fingerprint density at radius 3 is 2.41 bits per heavy atom. The molecule has 0 radical (unpaired) electrons. The topological polar surface area (TPSA) is 93.4 Å². The van der Waals surface area contributed by atoms with E-state index in [1.54, 1.807) is 24.1 Å². The average Bonchev–Trinajstić information content (AvgIpc) is 3.22. The van der Waals surface area contributed by atoms with Crippen molar-refractivity contribution in [3.8, 4) is 29.1 Å². The van der Waals surface area contributed by atoms with Crippen LogP contribution < -0.4 is 18.9 Å². The van der Waals surface area contributed by atoms with Gasteiger partial charge in [-0.1, -0.05) is 20.8 Å². The molecule has 1 heterocycles. The van der Waals surface area contributed by atoms with Gasteiger partial charge < -0.3 is 23.8 Å². The van der Waals surface area contributed by atoms with Crippen LogP contribution in [0.15, 0.2) is 22.2 Å². The Hall–Kier alpha value is -3.32. The third-order valence-corrected chi connectivity index (χ3v) is 6.41. The fourth-order valence-corrected chi connectivity index (χ4v) is 4.67. The summed E-state index contributed by atoms with van der Waals surface area (Å²) in [5.41, 5.74) is 1.80. The Morgan fingerprint density at radius 2 is 1.84 bits per heavy atom. The van der Waals surface area contributed by atoms with Crippen molar-refractivity contribution in [2.45, 2.75) is 45.6 Å². The fourth-order valence-electron chi connectivity index (χ4n) is 4.27. The number of hydrogen-bond acceptors (Lipinski definition) is 7. The molecule has 0 aromatic heterocycles. The number of carbonyl (C=O) groups excluding carboxylic acids is 1. The van der Waals surface area contributed by atoms with Gasteiger partial charge in [-0.05, 0) is 35.6 Å². The maximum Gasteiger partial charge on any atom is 0.197 e. The molecule has 0 atom stereocenters. The van der Waals surface area contributed by atoms with Gasteiger partial charge in [0.15, 0.2) is 34.6 Å². The number of hydrogen-bond donors (Lipinski definition) is 0. The van der Waals surface area contributed by atoms with Gasteiger partial charge in [0.1, 0.15) is 5.84 Å². The predicted molar refractivity (Wildman–Crippen MR) is 142 cm³/mol.